The number of rotatable bonds is 6. The van der Waals surface area contributed by atoms with Gasteiger partial charge in [0.25, 0.3) is 10.0 Å². The molecule has 6 nitrogen and oxygen atoms in total. The predicted octanol–water partition coefficient (Wildman–Crippen LogP) is 2.95. The van der Waals surface area contributed by atoms with E-state index >= 15 is 0 Å². The van der Waals surface area contributed by atoms with Gasteiger partial charge in [-0.05, 0) is 48.5 Å². The van der Waals surface area contributed by atoms with Crippen LogP contribution in [0.25, 0.3) is 0 Å². The molecule has 0 spiro atoms. The third-order valence-electron chi connectivity index (χ3n) is 3.19. The number of sulfonamides is 1. The Balaban J connectivity index is 2.10. The van der Waals surface area contributed by atoms with E-state index in [9.17, 15) is 13.2 Å². The molecular weight excluding hydrogens is 330 g/mol. The number of carbonyl (C=O) groups excluding carboxylic acids is 1. The van der Waals surface area contributed by atoms with Crippen LogP contribution in [0.4, 0.5) is 0 Å². The van der Waals surface area contributed by atoms with E-state index in [-0.39, 0.29) is 4.90 Å². The number of ether oxygens (including phenoxy) is 2. The first-order valence-corrected chi connectivity index (χ1v) is 8.79. The number of carbonyl (C=O) groups is 1. The minimum atomic E-state index is -3.87. The van der Waals surface area contributed by atoms with Crippen molar-refractivity contribution in [2.24, 2.45) is 5.92 Å². The largest absolute Gasteiger partial charge is 0.497 e. The summed E-state index contributed by atoms with van der Waals surface area (Å²) >= 11 is 0. The molecular formula is C17H19NO5S. The second-order valence-corrected chi connectivity index (χ2v) is 7.06. The Morgan fingerprint density at radius 2 is 1.38 bits per heavy atom. The summed E-state index contributed by atoms with van der Waals surface area (Å²) in [6.45, 7) is 3.24. The first-order valence-electron chi connectivity index (χ1n) is 7.30. The average Bonchev–Trinajstić information content (AvgIpc) is 2.55. The van der Waals surface area contributed by atoms with Crippen LogP contribution in [0.3, 0.4) is 0 Å². The van der Waals surface area contributed by atoms with Crippen LogP contribution in [0, 0.1) is 5.92 Å². The first kappa shape index (κ1) is 17.8. The lowest BCUT2D eigenvalue weighted by Crippen LogP contribution is -2.33. The Kier molecular flexibility index (Phi) is 5.46. The van der Waals surface area contributed by atoms with Crippen molar-refractivity contribution in [1.82, 2.24) is 4.72 Å². The van der Waals surface area contributed by atoms with Gasteiger partial charge in [0.15, 0.2) is 0 Å². The number of methoxy groups -OCH3 is 1. The molecule has 0 aliphatic rings. The molecule has 0 radical (unpaired) electrons. The van der Waals surface area contributed by atoms with Crippen LogP contribution >= 0.6 is 0 Å². The molecule has 0 bridgehead atoms. The maximum absolute atomic E-state index is 12.1. The lowest BCUT2D eigenvalue weighted by molar-refractivity contribution is -0.122. The van der Waals surface area contributed by atoms with Gasteiger partial charge >= 0.3 is 0 Å². The molecule has 1 N–H and O–H groups in total. The maximum Gasteiger partial charge on any atom is 0.264 e. The van der Waals surface area contributed by atoms with Gasteiger partial charge < -0.3 is 9.47 Å². The van der Waals surface area contributed by atoms with Crippen LogP contribution in [0.15, 0.2) is 53.4 Å². The molecule has 7 heteroatoms. The Hall–Kier alpha value is -2.54. The fourth-order valence-corrected chi connectivity index (χ4v) is 2.89. The fourth-order valence-electron chi connectivity index (χ4n) is 1.78. The highest BCUT2D eigenvalue weighted by molar-refractivity contribution is 7.90. The Labute approximate surface area is 141 Å². The molecule has 2 aromatic carbocycles. The van der Waals surface area contributed by atoms with E-state index in [0.29, 0.717) is 17.2 Å². The van der Waals surface area contributed by atoms with Crippen LogP contribution in [0.5, 0.6) is 17.2 Å². The normalized spacial score (nSPS) is 11.2. The topological polar surface area (TPSA) is 81.7 Å². The van der Waals surface area contributed by atoms with Gasteiger partial charge in [0.05, 0.1) is 12.0 Å². The van der Waals surface area contributed by atoms with Gasteiger partial charge in [-0.2, -0.15) is 0 Å². The van der Waals surface area contributed by atoms with Crippen molar-refractivity contribution < 1.29 is 22.7 Å². The summed E-state index contributed by atoms with van der Waals surface area (Å²) in [6, 6.07) is 12.8. The van der Waals surface area contributed by atoms with Crippen molar-refractivity contribution in [2.45, 2.75) is 18.7 Å². The van der Waals surface area contributed by atoms with Gasteiger partial charge in [-0.1, -0.05) is 13.8 Å². The Morgan fingerprint density at radius 3 is 1.83 bits per heavy atom. The summed E-state index contributed by atoms with van der Waals surface area (Å²) in [5, 5.41) is 0. The number of nitrogens with one attached hydrogen (secondary N) is 1. The summed E-state index contributed by atoms with van der Waals surface area (Å²) in [4.78, 5) is 11.6. The average molecular weight is 349 g/mol. The smallest absolute Gasteiger partial charge is 0.264 e. The first-order chi connectivity index (χ1) is 11.3. The standard InChI is InChI=1S/C17H19NO5S/c1-12(2)17(19)18-24(20,21)16-10-8-15(9-11-16)23-14-6-4-13(22-3)5-7-14/h4-12H,1-3H3,(H,18,19). The van der Waals surface area contributed by atoms with Gasteiger partial charge in [-0.25, -0.2) is 13.1 Å². The lowest BCUT2D eigenvalue weighted by atomic mass is 10.2. The predicted molar refractivity (Wildman–Crippen MR) is 89.7 cm³/mol. The van der Waals surface area contributed by atoms with Gasteiger partial charge in [0.2, 0.25) is 5.91 Å². The van der Waals surface area contributed by atoms with Gasteiger partial charge in [0, 0.05) is 5.92 Å². The van der Waals surface area contributed by atoms with E-state index in [4.69, 9.17) is 9.47 Å². The van der Waals surface area contributed by atoms with Crippen molar-refractivity contribution in [3.8, 4) is 17.2 Å². The van der Waals surface area contributed by atoms with Gasteiger partial charge in [0.1, 0.15) is 17.2 Å². The second-order valence-electron chi connectivity index (χ2n) is 5.37. The maximum atomic E-state index is 12.1. The molecule has 0 unspecified atom stereocenters. The summed E-state index contributed by atoms with van der Waals surface area (Å²) in [5.74, 6) is 0.824. The molecule has 0 fully saturated rings. The van der Waals surface area contributed by atoms with E-state index in [1.54, 1.807) is 45.2 Å². The monoisotopic (exact) mass is 349 g/mol. The zero-order chi connectivity index (χ0) is 17.7. The fraction of sp³-hybridized carbons (Fsp3) is 0.235. The van der Waals surface area contributed by atoms with Crippen LogP contribution in [-0.2, 0) is 14.8 Å². The quantitative estimate of drug-likeness (QED) is 0.867. The van der Waals surface area contributed by atoms with E-state index in [1.165, 1.54) is 24.3 Å². The van der Waals surface area contributed by atoms with Crippen molar-refractivity contribution in [1.29, 1.82) is 0 Å². The third-order valence-corrected chi connectivity index (χ3v) is 4.55. The third kappa shape index (κ3) is 4.48. The highest BCUT2D eigenvalue weighted by Gasteiger charge is 2.19. The number of hydrogen-bond acceptors (Lipinski definition) is 5. The van der Waals surface area contributed by atoms with Crippen molar-refractivity contribution in [3.05, 3.63) is 48.5 Å². The molecule has 0 atom stereocenters. The van der Waals surface area contributed by atoms with Crippen LogP contribution in [0.2, 0.25) is 0 Å². The van der Waals surface area contributed by atoms with Crippen molar-refractivity contribution in [3.63, 3.8) is 0 Å². The molecule has 2 aromatic rings. The van der Waals surface area contributed by atoms with E-state index in [1.807, 2.05) is 4.72 Å². The lowest BCUT2D eigenvalue weighted by Gasteiger charge is -2.10. The SMILES string of the molecule is COc1ccc(Oc2ccc(S(=O)(=O)NC(=O)C(C)C)cc2)cc1. The van der Waals surface area contributed by atoms with Crippen LogP contribution in [-0.4, -0.2) is 21.4 Å². The summed E-state index contributed by atoms with van der Waals surface area (Å²) < 4.78 is 36.9. The van der Waals surface area contributed by atoms with E-state index in [2.05, 4.69) is 0 Å². The number of benzene rings is 2. The van der Waals surface area contributed by atoms with Crippen LogP contribution < -0.4 is 14.2 Å². The molecule has 0 aromatic heterocycles. The van der Waals surface area contributed by atoms with E-state index in [0.717, 1.165) is 0 Å². The minimum Gasteiger partial charge on any atom is -0.497 e. The molecule has 128 valence electrons. The molecule has 0 aliphatic heterocycles. The molecule has 0 saturated carbocycles. The van der Waals surface area contributed by atoms with Gasteiger partial charge in [-0.3, -0.25) is 4.79 Å². The zero-order valence-corrected chi connectivity index (χ0v) is 14.5. The second kappa shape index (κ2) is 7.35. The summed E-state index contributed by atoms with van der Waals surface area (Å²) in [5.41, 5.74) is 0. The summed E-state index contributed by atoms with van der Waals surface area (Å²) in [7, 11) is -2.30. The number of hydrogen-bond donors (Lipinski definition) is 1. The highest BCUT2D eigenvalue weighted by atomic mass is 32.2. The van der Waals surface area contributed by atoms with Gasteiger partial charge in [-0.15, -0.1) is 0 Å². The molecule has 1 amide bonds. The van der Waals surface area contributed by atoms with Crippen molar-refractivity contribution >= 4 is 15.9 Å². The minimum absolute atomic E-state index is 0.00131. The van der Waals surface area contributed by atoms with Crippen molar-refractivity contribution in [2.75, 3.05) is 7.11 Å². The Morgan fingerprint density at radius 1 is 0.917 bits per heavy atom. The molecule has 24 heavy (non-hydrogen) atoms. The van der Waals surface area contributed by atoms with E-state index < -0.39 is 21.8 Å². The molecule has 0 heterocycles. The molecule has 2 rings (SSSR count). The summed E-state index contributed by atoms with van der Waals surface area (Å²) in [6.07, 6.45) is 0. The zero-order valence-electron chi connectivity index (χ0n) is 13.6. The van der Waals surface area contributed by atoms with Crippen LogP contribution in [0.1, 0.15) is 13.8 Å². The molecule has 0 saturated heterocycles. The highest BCUT2D eigenvalue weighted by Crippen LogP contribution is 2.24. The Bertz CT molecular complexity index is 796. The number of amides is 1. The molecule has 0 aliphatic carbocycles.